The number of nitrogens with zero attached hydrogens (tertiary/aromatic N) is 3. The average Bonchev–Trinajstić information content (AvgIpc) is 3.19. The van der Waals surface area contributed by atoms with E-state index in [1.165, 1.54) is 33.5 Å². The Balaban J connectivity index is 1.71. The number of carbonyl (C=O) groups excluding carboxylic acids is 2. The van der Waals surface area contributed by atoms with Gasteiger partial charge in [-0.05, 0) is 55.1 Å². The number of carbonyl (C=O) groups is 2. The molecule has 4 rings (SSSR count). The summed E-state index contributed by atoms with van der Waals surface area (Å²) in [5.41, 5.74) is 0.841. The van der Waals surface area contributed by atoms with Gasteiger partial charge in [-0.3, -0.25) is 9.59 Å². The van der Waals surface area contributed by atoms with Crippen molar-refractivity contribution in [3.63, 3.8) is 0 Å². The van der Waals surface area contributed by atoms with Gasteiger partial charge in [0, 0.05) is 36.8 Å². The number of sulfonamides is 1. The molecule has 0 spiro atoms. The Kier molecular flexibility index (Phi) is 8.89. The number of aliphatic hydroxyl groups excluding tert-OH is 1. The number of Topliss-reactive ketones (excluding diaryl/α,β-unsaturated/α-hetero) is 1. The Morgan fingerprint density at radius 3 is 2.21 bits per heavy atom. The molecule has 2 aromatic rings. The molecule has 0 aromatic heterocycles. The highest BCUT2D eigenvalue weighted by molar-refractivity contribution is 7.89. The summed E-state index contributed by atoms with van der Waals surface area (Å²) in [4.78, 5) is 30.1. The zero-order valence-corrected chi connectivity index (χ0v) is 23.0. The van der Waals surface area contributed by atoms with Gasteiger partial charge in [-0.2, -0.15) is 4.31 Å². The number of ether oxygens (including phenoxy) is 1. The van der Waals surface area contributed by atoms with E-state index in [9.17, 15) is 23.1 Å². The normalized spacial score (nSPS) is 20.4. The van der Waals surface area contributed by atoms with Crippen molar-refractivity contribution in [1.82, 2.24) is 14.1 Å². The molecule has 2 aromatic carbocycles. The minimum Gasteiger partial charge on any atom is -0.507 e. The minimum atomic E-state index is -3.72. The number of ketones is 1. The number of halogens is 1. The Morgan fingerprint density at radius 2 is 1.63 bits per heavy atom. The zero-order chi connectivity index (χ0) is 27.4. The fourth-order valence-corrected chi connectivity index (χ4v) is 6.30. The first kappa shape index (κ1) is 28.3. The summed E-state index contributed by atoms with van der Waals surface area (Å²) in [7, 11) is -3.72. The summed E-state index contributed by atoms with van der Waals surface area (Å²) in [5, 5.41) is 11.8. The highest BCUT2D eigenvalue weighted by atomic mass is 35.5. The average molecular weight is 562 g/mol. The lowest BCUT2D eigenvalue weighted by Gasteiger charge is -2.28. The Hall–Kier alpha value is -2.76. The van der Waals surface area contributed by atoms with E-state index >= 15 is 0 Å². The standard InChI is InChI=1S/C27H32ClN3O6S/c1-3-29(4-2)13-14-31-24(19-5-9-21(28)10-6-19)23(26(33)27(31)34)25(32)20-7-11-22(12-8-20)38(35,36)30-15-17-37-18-16-30/h5-12,24,32H,3-4,13-18H2,1-2H3/t24-/m1/s1. The topological polar surface area (TPSA) is 107 Å². The Bertz CT molecular complexity index is 1300. The van der Waals surface area contributed by atoms with Gasteiger partial charge in [-0.15, -0.1) is 0 Å². The van der Waals surface area contributed by atoms with Gasteiger partial charge in [0.1, 0.15) is 5.76 Å². The SMILES string of the molecule is CCN(CC)CCN1C(=O)C(=O)C(=C(O)c2ccc(S(=O)(=O)N3CCOCC3)cc2)[C@H]1c1ccc(Cl)cc1. The van der Waals surface area contributed by atoms with Gasteiger partial charge in [0.15, 0.2) is 0 Å². The van der Waals surface area contributed by atoms with Crippen molar-refractivity contribution in [2.45, 2.75) is 24.8 Å². The maximum atomic E-state index is 13.2. The summed E-state index contributed by atoms with van der Waals surface area (Å²) < 4.78 is 32.6. The molecule has 1 atom stereocenters. The first-order valence-corrected chi connectivity index (χ1v) is 14.4. The van der Waals surface area contributed by atoms with Crippen LogP contribution in [0.4, 0.5) is 0 Å². The van der Waals surface area contributed by atoms with Gasteiger partial charge in [0.05, 0.1) is 29.7 Å². The van der Waals surface area contributed by atoms with Crippen molar-refractivity contribution in [2.24, 2.45) is 0 Å². The van der Waals surface area contributed by atoms with Crippen LogP contribution >= 0.6 is 11.6 Å². The first-order chi connectivity index (χ1) is 18.2. The third-order valence-corrected chi connectivity index (χ3v) is 9.18. The molecule has 1 amide bonds. The molecule has 0 radical (unpaired) electrons. The zero-order valence-electron chi connectivity index (χ0n) is 21.5. The van der Waals surface area contributed by atoms with Crippen LogP contribution in [0, 0.1) is 0 Å². The number of rotatable bonds is 9. The van der Waals surface area contributed by atoms with Crippen molar-refractivity contribution < 1.29 is 27.9 Å². The van der Waals surface area contributed by atoms with E-state index in [2.05, 4.69) is 4.90 Å². The number of hydrogen-bond donors (Lipinski definition) is 1. The third-order valence-electron chi connectivity index (χ3n) is 7.01. The number of benzene rings is 2. The van der Waals surface area contributed by atoms with Gasteiger partial charge >= 0.3 is 0 Å². The lowest BCUT2D eigenvalue weighted by molar-refractivity contribution is -0.140. The van der Waals surface area contributed by atoms with Crippen LogP contribution < -0.4 is 0 Å². The van der Waals surface area contributed by atoms with Gasteiger partial charge in [-0.1, -0.05) is 37.6 Å². The summed E-state index contributed by atoms with van der Waals surface area (Å²) in [6, 6.07) is 11.7. The summed E-state index contributed by atoms with van der Waals surface area (Å²) in [5.74, 6) is -1.83. The second kappa shape index (κ2) is 12.0. The number of morpholine rings is 1. The predicted molar refractivity (Wildman–Crippen MR) is 144 cm³/mol. The fraction of sp³-hybridized carbons (Fsp3) is 0.407. The van der Waals surface area contributed by atoms with Crippen LogP contribution in [0.15, 0.2) is 59.0 Å². The van der Waals surface area contributed by atoms with E-state index in [1.54, 1.807) is 24.3 Å². The molecule has 11 heteroatoms. The molecule has 38 heavy (non-hydrogen) atoms. The number of amides is 1. The molecule has 2 aliphatic rings. The Labute approximate surface area is 228 Å². The van der Waals surface area contributed by atoms with Crippen LogP contribution in [0.5, 0.6) is 0 Å². The summed E-state index contributed by atoms with van der Waals surface area (Å²) >= 11 is 6.08. The lowest BCUT2D eigenvalue weighted by Crippen LogP contribution is -2.40. The van der Waals surface area contributed by atoms with Crippen LogP contribution in [-0.4, -0.2) is 91.8 Å². The predicted octanol–water partition coefficient (Wildman–Crippen LogP) is 3.12. The van der Waals surface area contributed by atoms with E-state index in [4.69, 9.17) is 16.3 Å². The van der Waals surface area contributed by atoms with Crippen molar-refractivity contribution in [2.75, 3.05) is 52.5 Å². The van der Waals surface area contributed by atoms with Crippen LogP contribution in [0.1, 0.15) is 31.0 Å². The second-order valence-corrected chi connectivity index (χ2v) is 11.5. The lowest BCUT2D eigenvalue weighted by atomic mass is 9.95. The third kappa shape index (κ3) is 5.64. The first-order valence-electron chi connectivity index (χ1n) is 12.6. The van der Waals surface area contributed by atoms with Crippen molar-refractivity contribution in [1.29, 1.82) is 0 Å². The van der Waals surface area contributed by atoms with Gasteiger partial charge in [-0.25, -0.2) is 8.42 Å². The number of hydrogen-bond acceptors (Lipinski definition) is 7. The van der Waals surface area contributed by atoms with E-state index < -0.39 is 27.8 Å². The molecular weight excluding hydrogens is 530 g/mol. The number of likely N-dealkylation sites (N-methyl/N-ethyl adjacent to an activating group) is 1. The molecule has 1 N–H and O–H groups in total. The quantitative estimate of drug-likeness (QED) is 0.285. The van der Waals surface area contributed by atoms with Crippen molar-refractivity contribution in [3.8, 4) is 0 Å². The van der Waals surface area contributed by atoms with Crippen LogP contribution in [0.25, 0.3) is 5.76 Å². The highest BCUT2D eigenvalue weighted by Crippen LogP contribution is 2.39. The monoisotopic (exact) mass is 561 g/mol. The van der Waals surface area contributed by atoms with E-state index in [-0.39, 0.29) is 34.9 Å². The van der Waals surface area contributed by atoms with Gasteiger partial charge in [0.25, 0.3) is 11.7 Å². The molecular formula is C27H32ClN3O6S. The highest BCUT2D eigenvalue weighted by Gasteiger charge is 2.46. The molecule has 2 aliphatic heterocycles. The molecule has 2 saturated heterocycles. The van der Waals surface area contributed by atoms with Crippen molar-refractivity contribution >= 4 is 39.1 Å². The largest absolute Gasteiger partial charge is 0.507 e. The van der Waals surface area contributed by atoms with Crippen LogP contribution in [0.3, 0.4) is 0 Å². The minimum absolute atomic E-state index is 0.0411. The van der Waals surface area contributed by atoms with Gasteiger partial charge < -0.3 is 19.6 Å². The van der Waals surface area contributed by atoms with E-state index in [0.717, 1.165) is 13.1 Å². The number of likely N-dealkylation sites (tertiary alicyclic amines) is 1. The molecule has 204 valence electrons. The van der Waals surface area contributed by atoms with Crippen LogP contribution in [-0.2, 0) is 24.3 Å². The molecule has 0 unspecified atom stereocenters. The van der Waals surface area contributed by atoms with E-state index in [1.807, 2.05) is 13.8 Å². The molecule has 0 aliphatic carbocycles. The Morgan fingerprint density at radius 1 is 1.03 bits per heavy atom. The molecule has 0 saturated carbocycles. The fourth-order valence-electron chi connectivity index (χ4n) is 4.77. The summed E-state index contributed by atoms with van der Waals surface area (Å²) in [6.07, 6.45) is 0. The second-order valence-electron chi connectivity index (χ2n) is 9.11. The molecule has 2 heterocycles. The van der Waals surface area contributed by atoms with E-state index in [0.29, 0.717) is 36.9 Å². The molecule has 0 bridgehead atoms. The molecule has 2 fully saturated rings. The number of aliphatic hydroxyl groups is 1. The van der Waals surface area contributed by atoms with Crippen molar-refractivity contribution in [3.05, 3.63) is 70.3 Å². The maximum Gasteiger partial charge on any atom is 0.295 e. The van der Waals surface area contributed by atoms with Gasteiger partial charge in [0.2, 0.25) is 10.0 Å². The summed E-state index contributed by atoms with van der Waals surface area (Å²) in [6.45, 7) is 7.70. The maximum absolute atomic E-state index is 13.2. The van der Waals surface area contributed by atoms with Crippen LogP contribution in [0.2, 0.25) is 5.02 Å². The molecule has 9 nitrogen and oxygen atoms in total. The smallest absolute Gasteiger partial charge is 0.295 e.